The van der Waals surface area contributed by atoms with Gasteiger partial charge in [0.1, 0.15) is 5.82 Å². The number of hydrogen-bond acceptors (Lipinski definition) is 4. The molecule has 0 radical (unpaired) electrons. The van der Waals surface area contributed by atoms with Crippen LogP contribution in [0.2, 0.25) is 0 Å². The molecule has 1 heterocycles. The number of amides is 1. The van der Waals surface area contributed by atoms with Crippen LogP contribution >= 0.6 is 11.8 Å². The van der Waals surface area contributed by atoms with Crippen molar-refractivity contribution >= 4 is 29.8 Å². The summed E-state index contributed by atoms with van der Waals surface area (Å²) in [6.45, 7) is 0. The van der Waals surface area contributed by atoms with Crippen LogP contribution < -0.4 is 5.32 Å². The highest BCUT2D eigenvalue weighted by Crippen LogP contribution is 2.29. The van der Waals surface area contributed by atoms with Crippen molar-refractivity contribution in [2.75, 3.05) is 5.75 Å². The number of nitrogens with zero attached hydrogens (tertiary/aromatic N) is 2. The Kier molecular flexibility index (Phi) is 5.87. The molecule has 0 fully saturated rings. The minimum absolute atomic E-state index is 0.0119. The Morgan fingerprint density at radius 2 is 1.96 bits per heavy atom. The molecule has 1 amide bonds. The van der Waals surface area contributed by atoms with Gasteiger partial charge in [-0.15, -0.1) is 5.10 Å². The van der Waals surface area contributed by atoms with Gasteiger partial charge in [0.05, 0.1) is 11.8 Å². The van der Waals surface area contributed by atoms with E-state index in [0.717, 1.165) is 24.8 Å². The quantitative estimate of drug-likeness (QED) is 0.617. The highest BCUT2D eigenvalue weighted by molar-refractivity contribution is 7.99. The number of aryl methyl sites for hydroxylation is 1. The summed E-state index contributed by atoms with van der Waals surface area (Å²) in [4.78, 5) is 16.8. The summed E-state index contributed by atoms with van der Waals surface area (Å²) in [6.07, 6.45) is 7.04. The highest BCUT2D eigenvalue weighted by Gasteiger charge is 2.21. The van der Waals surface area contributed by atoms with Crippen LogP contribution in [0.3, 0.4) is 0 Å². The van der Waals surface area contributed by atoms with Gasteiger partial charge in [-0.05, 0) is 42.0 Å². The van der Waals surface area contributed by atoms with E-state index in [2.05, 4.69) is 38.7 Å². The summed E-state index contributed by atoms with van der Waals surface area (Å²) in [6, 6.07) is 18.5. The van der Waals surface area contributed by atoms with E-state index in [9.17, 15) is 4.79 Å². The molecule has 6 heteroatoms. The van der Waals surface area contributed by atoms with E-state index >= 15 is 0 Å². The monoisotopic (exact) mass is 390 g/mol. The van der Waals surface area contributed by atoms with E-state index in [-0.39, 0.29) is 11.9 Å². The maximum atomic E-state index is 12.4. The Morgan fingerprint density at radius 1 is 1.14 bits per heavy atom. The molecule has 28 heavy (non-hydrogen) atoms. The van der Waals surface area contributed by atoms with Gasteiger partial charge in [-0.3, -0.25) is 9.89 Å². The number of aromatic amines is 1. The summed E-state index contributed by atoms with van der Waals surface area (Å²) < 4.78 is 0. The number of carbonyl (C=O) groups excluding carboxylic acids is 1. The molecular formula is C22H22N4OS. The predicted octanol–water partition coefficient (Wildman–Crippen LogP) is 4.26. The van der Waals surface area contributed by atoms with E-state index in [0.29, 0.717) is 16.7 Å². The highest BCUT2D eigenvalue weighted by atomic mass is 32.2. The molecule has 2 aromatic carbocycles. The van der Waals surface area contributed by atoms with Crippen molar-refractivity contribution < 1.29 is 4.79 Å². The molecule has 2 N–H and O–H groups in total. The molecule has 0 bridgehead atoms. The van der Waals surface area contributed by atoms with Gasteiger partial charge in [0.15, 0.2) is 0 Å². The molecule has 1 aliphatic carbocycles. The first-order valence-corrected chi connectivity index (χ1v) is 10.4. The lowest BCUT2D eigenvalue weighted by Crippen LogP contribution is -2.32. The summed E-state index contributed by atoms with van der Waals surface area (Å²) in [7, 11) is 0. The molecule has 0 spiro atoms. The third-order valence-electron chi connectivity index (χ3n) is 4.75. The third-order valence-corrected chi connectivity index (χ3v) is 5.60. The maximum absolute atomic E-state index is 12.4. The first-order chi connectivity index (χ1) is 13.8. The lowest BCUT2D eigenvalue weighted by molar-refractivity contribution is -0.119. The Bertz CT molecular complexity index is 967. The lowest BCUT2D eigenvalue weighted by atomic mass is 9.88. The van der Waals surface area contributed by atoms with Crippen molar-refractivity contribution in [3.8, 4) is 0 Å². The van der Waals surface area contributed by atoms with E-state index < -0.39 is 0 Å². The zero-order valence-corrected chi connectivity index (χ0v) is 16.3. The molecule has 5 nitrogen and oxygen atoms in total. The second-order valence-corrected chi connectivity index (χ2v) is 7.69. The first-order valence-electron chi connectivity index (χ1n) is 9.43. The SMILES string of the molecule is O=C(CSc1n[nH]c(/C=C/c2ccccc2)n1)NC1CCCc2ccccc21. The average Bonchev–Trinajstić information content (AvgIpc) is 3.20. The van der Waals surface area contributed by atoms with Gasteiger partial charge < -0.3 is 5.32 Å². The number of fused-ring (bicyclic) bond motifs is 1. The van der Waals surface area contributed by atoms with Gasteiger partial charge in [-0.1, -0.05) is 72.4 Å². The molecule has 142 valence electrons. The van der Waals surface area contributed by atoms with Gasteiger partial charge in [0.25, 0.3) is 0 Å². The second kappa shape index (κ2) is 8.89. The minimum atomic E-state index is 0.0119. The number of thioether (sulfide) groups is 1. The molecule has 4 rings (SSSR count). The van der Waals surface area contributed by atoms with E-state index in [1.54, 1.807) is 0 Å². The van der Waals surface area contributed by atoms with Crippen LogP contribution in [0.1, 0.15) is 41.4 Å². The summed E-state index contributed by atoms with van der Waals surface area (Å²) in [5, 5.41) is 10.8. The van der Waals surface area contributed by atoms with Crippen molar-refractivity contribution in [3.05, 3.63) is 77.1 Å². The number of H-pyrrole nitrogens is 1. The van der Waals surface area contributed by atoms with Crippen LogP contribution in [0.15, 0.2) is 59.8 Å². The average molecular weight is 391 g/mol. The smallest absolute Gasteiger partial charge is 0.230 e. The fourth-order valence-electron chi connectivity index (χ4n) is 3.41. The number of benzene rings is 2. The second-order valence-electron chi connectivity index (χ2n) is 6.75. The standard InChI is InChI=1S/C22H22N4OS/c27-21(23-19-12-6-10-17-9-4-5-11-18(17)19)15-28-22-24-20(25-26-22)14-13-16-7-2-1-3-8-16/h1-5,7-9,11,13-14,19H,6,10,12,15H2,(H,23,27)(H,24,25,26)/b14-13+. The number of hydrogen-bond donors (Lipinski definition) is 2. The van der Waals surface area contributed by atoms with E-state index in [1.807, 2.05) is 48.6 Å². The van der Waals surface area contributed by atoms with Gasteiger partial charge in [-0.2, -0.15) is 0 Å². The van der Waals surface area contributed by atoms with Crippen molar-refractivity contribution in [2.24, 2.45) is 0 Å². The molecule has 0 saturated heterocycles. The summed E-state index contributed by atoms with van der Waals surface area (Å²) in [5.74, 6) is 0.990. The Balaban J connectivity index is 1.30. The normalized spacial score (nSPS) is 16.1. The topological polar surface area (TPSA) is 70.7 Å². The van der Waals surface area contributed by atoms with Crippen LogP contribution in [-0.2, 0) is 11.2 Å². The number of nitrogens with one attached hydrogen (secondary N) is 2. The third kappa shape index (κ3) is 4.70. The Labute approximate surface area is 168 Å². The van der Waals surface area contributed by atoms with Crippen molar-refractivity contribution in [1.82, 2.24) is 20.5 Å². The molecule has 0 aliphatic heterocycles. The van der Waals surface area contributed by atoms with Crippen LogP contribution in [0.4, 0.5) is 0 Å². The van der Waals surface area contributed by atoms with Crippen molar-refractivity contribution in [3.63, 3.8) is 0 Å². The van der Waals surface area contributed by atoms with Crippen molar-refractivity contribution in [2.45, 2.75) is 30.5 Å². The lowest BCUT2D eigenvalue weighted by Gasteiger charge is -2.26. The molecule has 1 unspecified atom stereocenters. The zero-order valence-electron chi connectivity index (χ0n) is 15.5. The molecule has 1 atom stereocenters. The maximum Gasteiger partial charge on any atom is 0.230 e. The number of rotatable bonds is 6. The summed E-state index contributed by atoms with van der Waals surface area (Å²) >= 11 is 1.34. The van der Waals surface area contributed by atoms with Gasteiger partial charge in [-0.25, -0.2) is 4.98 Å². The van der Waals surface area contributed by atoms with Crippen LogP contribution in [0.5, 0.6) is 0 Å². The minimum Gasteiger partial charge on any atom is -0.349 e. The van der Waals surface area contributed by atoms with Gasteiger partial charge >= 0.3 is 0 Å². The largest absolute Gasteiger partial charge is 0.349 e. The Hall–Kier alpha value is -2.86. The van der Waals surface area contributed by atoms with E-state index in [4.69, 9.17) is 0 Å². The van der Waals surface area contributed by atoms with E-state index in [1.165, 1.54) is 22.9 Å². The van der Waals surface area contributed by atoms with Gasteiger partial charge in [0, 0.05) is 0 Å². The number of aromatic nitrogens is 3. The number of carbonyl (C=O) groups is 1. The fraction of sp³-hybridized carbons (Fsp3) is 0.227. The predicted molar refractivity (Wildman–Crippen MR) is 113 cm³/mol. The molecule has 1 aliphatic rings. The molecule has 0 saturated carbocycles. The summed E-state index contributed by atoms with van der Waals surface area (Å²) in [5.41, 5.74) is 3.69. The van der Waals surface area contributed by atoms with Crippen LogP contribution in [-0.4, -0.2) is 26.8 Å². The fourth-order valence-corrected chi connectivity index (χ4v) is 4.02. The molecule has 3 aromatic rings. The van der Waals surface area contributed by atoms with Crippen molar-refractivity contribution in [1.29, 1.82) is 0 Å². The Morgan fingerprint density at radius 3 is 2.86 bits per heavy atom. The van der Waals surface area contributed by atoms with Gasteiger partial charge in [0.2, 0.25) is 11.1 Å². The first kappa shape index (κ1) is 18.5. The van der Waals surface area contributed by atoms with Crippen LogP contribution in [0, 0.1) is 0 Å². The zero-order chi connectivity index (χ0) is 19.2. The van der Waals surface area contributed by atoms with Crippen LogP contribution in [0.25, 0.3) is 12.2 Å². The molecular weight excluding hydrogens is 368 g/mol. The molecule has 1 aromatic heterocycles.